The van der Waals surface area contributed by atoms with Crippen LogP contribution in [0.5, 0.6) is 0 Å². The van der Waals surface area contributed by atoms with Gasteiger partial charge in [0.1, 0.15) is 17.4 Å². The standard InChI is InChI=1S/C16H17FN4O3S/c1-3-23-9-13-19-20-15(25-13)18-14(22)16(2)8-12(21-24-16)10-4-6-11(17)7-5-10/h4-7H,3,8-9H2,1-2H3,(H,18,20,22)/t16-/m1/s1. The number of hydrogen-bond donors (Lipinski definition) is 1. The van der Waals surface area contributed by atoms with E-state index in [1.165, 1.54) is 23.5 Å². The first-order chi connectivity index (χ1) is 12.0. The maximum Gasteiger partial charge on any atom is 0.273 e. The van der Waals surface area contributed by atoms with Gasteiger partial charge in [-0.15, -0.1) is 10.2 Å². The van der Waals surface area contributed by atoms with Gasteiger partial charge in [-0.2, -0.15) is 0 Å². The number of nitrogens with one attached hydrogen (secondary N) is 1. The molecule has 0 saturated heterocycles. The lowest BCUT2D eigenvalue weighted by Crippen LogP contribution is -2.40. The van der Waals surface area contributed by atoms with Crippen molar-refractivity contribution in [1.29, 1.82) is 0 Å². The minimum atomic E-state index is -1.16. The van der Waals surface area contributed by atoms with Crippen molar-refractivity contribution in [3.8, 4) is 0 Å². The lowest BCUT2D eigenvalue weighted by molar-refractivity contribution is -0.135. The number of carbonyl (C=O) groups is 1. The zero-order valence-corrected chi connectivity index (χ0v) is 14.6. The summed E-state index contributed by atoms with van der Waals surface area (Å²) in [6.07, 6.45) is 0.273. The summed E-state index contributed by atoms with van der Waals surface area (Å²) in [7, 11) is 0. The highest BCUT2D eigenvalue weighted by Gasteiger charge is 2.42. The second kappa shape index (κ2) is 7.24. The molecule has 1 atom stereocenters. The number of rotatable bonds is 6. The van der Waals surface area contributed by atoms with Crippen LogP contribution in [0.15, 0.2) is 29.4 Å². The van der Waals surface area contributed by atoms with Gasteiger partial charge >= 0.3 is 0 Å². The molecule has 0 unspecified atom stereocenters. The summed E-state index contributed by atoms with van der Waals surface area (Å²) in [6, 6.07) is 5.89. The average Bonchev–Trinajstić information content (AvgIpc) is 3.21. The van der Waals surface area contributed by atoms with E-state index in [0.29, 0.717) is 34.6 Å². The Kier molecular flexibility index (Phi) is 5.05. The summed E-state index contributed by atoms with van der Waals surface area (Å²) in [4.78, 5) is 17.9. The molecule has 3 rings (SSSR count). The van der Waals surface area contributed by atoms with Crippen LogP contribution in [0, 0.1) is 5.82 Å². The zero-order valence-electron chi connectivity index (χ0n) is 13.8. The van der Waals surface area contributed by atoms with E-state index in [9.17, 15) is 9.18 Å². The van der Waals surface area contributed by atoms with Crippen LogP contribution in [0.25, 0.3) is 0 Å². The number of nitrogens with zero attached hydrogens (tertiary/aromatic N) is 3. The molecule has 2 heterocycles. The molecule has 132 valence electrons. The van der Waals surface area contributed by atoms with Crippen molar-refractivity contribution in [2.24, 2.45) is 5.16 Å². The normalized spacial score (nSPS) is 19.4. The van der Waals surface area contributed by atoms with E-state index >= 15 is 0 Å². The van der Waals surface area contributed by atoms with Gasteiger partial charge in [-0.3, -0.25) is 10.1 Å². The van der Waals surface area contributed by atoms with Gasteiger partial charge in [-0.25, -0.2) is 4.39 Å². The van der Waals surface area contributed by atoms with Gasteiger partial charge in [0.25, 0.3) is 5.91 Å². The number of oxime groups is 1. The fraction of sp³-hybridized carbons (Fsp3) is 0.375. The van der Waals surface area contributed by atoms with Crippen molar-refractivity contribution in [2.75, 3.05) is 11.9 Å². The Morgan fingerprint density at radius 2 is 2.16 bits per heavy atom. The summed E-state index contributed by atoms with van der Waals surface area (Å²) in [6.45, 7) is 4.47. The monoisotopic (exact) mass is 364 g/mol. The fourth-order valence-corrected chi connectivity index (χ4v) is 2.91. The van der Waals surface area contributed by atoms with E-state index < -0.39 is 5.60 Å². The van der Waals surface area contributed by atoms with Crippen LogP contribution < -0.4 is 5.32 Å². The molecule has 7 nitrogen and oxygen atoms in total. The molecule has 1 aromatic heterocycles. The van der Waals surface area contributed by atoms with Gasteiger partial charge in [0, 0.05) is 13.0 Å². The number of amides is 1. The first kappa shape index (κ1) is 17.4. The molecule has 0 bridgehead atoms. The molecule has 0 radical (unpaired) electrons. The molecule has 9 heteroatoms. The van der Waals surface area contributed by atoms with Crippen molar-refractivity contribution < 1.29 is 18.8 Å². The first-order valence-electron chi connectivity index (χ1n) is 7.73. The molecule has 2 aromatic rings. The largest absolute Gasteiger partial charge is 0.379 e. The first-order valence-corrected chi connectivity index (χ1v) is 8.54. The van der Waals surface area contributed by atoms with E-state index in [1.807, 2.05) is 6.92 Å². The van der Waals surface area contributed by atoms with E-state index in [4.69, 9.17) is 9.57 Å². The average molecular weight is 364 g/mol. The molecular formula is C16H17FN4O3S. The minimum Gasteiger partial charge on any atom is -0.379 e. The number of carbonyl (C=O) groups excluding carboxylic acids is 1. The smallest absolute Gasteiger partial charge is 0.273 e. The van der Waals surface area contributed by atoms with Crippen LogP contribution in [-0.2, 0) is 21.0 Å². The Balaban J connectivity index is 1.62. The van der Waals surface area contributed by atoms with Crippen molar-refractivity contribution >= 4 is 28.1 Å². The maximum absolute atomic E-state index is 13.0. The topological polar surface area (TPSA) is 85.7 Å². The Morgan fingerprint density at radius 3 is 2.88 bits per heavy atom. The fourth-order valence-electron chi connectivity index (χ4n) is 2.24. The van der Waals surface area contributed by atoms with Crippen LogP contribution in [-0.4, -0.2) is 34.0 Å². The Bertz CT molecular complexity index is 793. The molecule has 0 spiro atoms. The van der Waals surface area contributed by atoms with E-state index in [2.05, 4.69) is 20.7 Å². The van der Waals surface area contributed by atoms with Crippen LogP contribution in [0.3, 0.4) is 0 Å². The molecule has 25 heavy (non-hydrogen) atoms. The van der Waals surface area contributed by atoms with Crippen molar-refractivity contribution in [1.82, 2.24) is 10.2 Å². The number of hydrogen-bond acceptors (Lipinski definition) is 7. The van der Waals surface area contributed by atoms with E-state index in [-0.39, 0.29) is 18.1 Å². The van der Waals surface area contributed by atoms with Gasteiger partial charge in [-0.1, -0.05) is 28.6 Å². The van der Waals surface area contributed by atoms with Gasteiger partial charge in [0.05, 0.1) is 5.71 Å². The van der Waals surface area contributed by atoms with Gasteiger partial charge in [0.15, 0.2) is 0 Å². The number of halogens is 1. The molecule has 0 saturated carbocycles. The number of ether oxygens (including phenoxy) is 1. The lowest BCUT2D eigenvalue weighted by atomic mass is 9.95. The molecule has 1 aliphatic rings. The molecular weight excluding hydrogens is 347 g/mol. The predicted molar refractivity (Wildman–Crippen MR) is 90.9 cm³/mol. The minimum absolute atomic E-state index is 0.273. The number of benzene rings is 1. The highest BCUT2D eigenvalue weighted by Crippen LogP contribution is 2.28. The molecule has 1 N–H and O–H groups in total. The summed E-state index contributed by atoms with van der Waals surface area (Å²) < 4.78 is 18.3. The van der Waals surface area contributed by atoms with Gasteiger partial charge < -0.3 is 9.57 Å². The van der Waals surface area contributed by atoms with E-state index in [0.717, 1.165) is 0 Å². The lowest BCUT2D eigenvalue weighted by Gasteiger charge is -2.19. The number of aromatic nitrogens is 2. The molecule has 0 fully saturated rings. The van der Waals surface area contributed by atoms with Gasteiger partial charge in [-0.05, 0) is 31.5 Å². The summed E-state index contributed by atoms with van der Waals surface area (Å²) >= 11 is 1.24. The second-order valence-electron chi connectivity index (χ2n) is 5.64. The van der Waals surface area contributed by atoms with Crippen LogP contribution in [0.1, 0.15) is 30.8 Å². The Labute approximate surface area is 147 Å². The highest BCUT2D eigenvalue weighted by molar-refractivity contribution is 7.15. The summed E-state index contributed by atoms with van der Waals surface area (Å²) in [5, 5.41) is 15.6. The predicted octanol–water partition coefficient (Wildman–Crippen LogP) is 2.74. The zero-order chi connectivity index (χ0) is 17.9. The molecule has 1 aliphatic heterocycles. The highest BCUT2D eigenvalue weighted by atomic mass is 32.1. The second-order valence-corrected chi connectivity index (χ2v) is 6.70. The van der Waals surface area contributed by atoms with Crippen molar-refractivity contribution in [3.05, 3.63) is 40.7 Å². The summed E-state index contributed by atoms with van der Waals surface area (Å²) in [5.41, 5.74) is 0.148. The Hall–Kier alpha value is -2.39. The maximum atomic E-state index is 13.0. The third-order valence-electron chi connectivity index (χ3n) is 3.64. The third kappa shape index (κ3) is 3.99. The quantitative estimate of drug-likeness (QED) is 0.852. The van der Waals surface area contributed by atoms with Crippen LogP contribution >= 0.6 is 11.3 Å². The van der Waals surface area contributed by atoms with Crippen molar-refractivity contribution in [3.63, 3.8) is 0 Å². The molecule has 1 amide bonds. The molecule has 1 aromatic carbocycles. The molecule has 0 aliphatic carbocycles. The van der Waals surface area contributed by atoms with E-state index in [1.54, 1.807) is 19.1 Å². The Morgan fingerprint density at radius 1 is 1.40 bits per heavy atom. The van der Waals surface area contributed by atoms with Gasteiger partial charge in [0.2, 0.25) is 10.7 Å². The number of anilines is 1. The summed E-state index contributed by atoms with van der Waals surface area (Å²) in [5.74, 6) is -0.699. The van der Waals surface area contributed by atoms with Crippen LogP contribution in [0.2, 0.25) is 0 Å². The van der Waals surface area contributed by atoms with Crippen molar-refractivity contribution in [2.45, 2.75) is 32.5 Å². The third-order valence-corrected chi connectivity index (χ3v) is 4.45. The van der Waals surface area contributed by atoms with Crippen LogP contribution in [0.4, 0.5) is 9.52 Å². The SMILES string of the molecule is CCOCc1nnc(NC(=O)[C@@]2(C)CC(c3ccc(F)cc3)=NO2)s1.